The van der Waals surface area contributed by atoms with Crippen LogP contribution in [0.25, 0.3) is 0 Å². The second-order valence-electron chi connectivity index (χ2n) is 13.9. The number of allylic oxidation sites excluding steroid dienone is 3. The van der Waals surface area contributed by atoms with Crippen LogP contribution < -0.4 is 5.73 Å². The van der Waals surface area contributed by atoms with Gasteiger partial charge < -0.3 is 20.1 Å². The van der Waals surface area contributed by atoms with Crippen molar-refractivity contribution in [3.05, 3.63) is 24.5 Å². The Morgan fingerprint density at radius 1 is 0.600 bits per heavy atom. The molecule has 0 aliphatic rings. The minimum atomic E-state index is -4.29. The molecule has 3 N–H and O–H groups in total. The highest BCUT2D eigenvalue weighted by Crippen LogP contribution is 2.43. The van der Waals surface area contributed by atoms with Gasteiger partial charge in [0, 0.05) is 13.0 Å². The van der Waals surface area contributed by atoms with Gasteiger partial charge in [0.05, 0.1) is 19.5 Å². The Morgan fingerprint density at radius 2 is 1.02 bits per heavy atom. The summed E-state index contributed by atoms with van der Waals surface area (Å²) in [4.78, 5) is 22.4. The summed E-state index contributed by atoms with van der Waals surface area (Å²) < 4.78 is 33.1. The molecule has 0 bridgehead atoms. The van der Waals surface area contributed by atoms with E-state index < -0.39 is 13.9 Å². The highest BCUT2D eigenvalue weighted by atomic mass is 31.2. The molecule has 0 spiro atoms. The van der Waals surface area contributed by atoms with Crippen molar-refractivity contribution in [2.75, 3.05) is 26.4 Å². The van der Waals surface area contributed by atoms with Gasteiger partial charge in [0.2, 0.25) is 0 Å². The van der Waals surface area contributed by atoms with Gasteiger partial charge in [-0.1, -0.05) is 161 Å². The van der Waals surface area contributed by atoms with E-state index in [2.05, 4.69) is 26.0 Å². The number of hydrogen-bond donors (Lipinski definition) is 2. The average Bonchev–Trinajstić information content (AvgIpc) is 3.10. The molecule has 0 aromatic rings. The molecule has 0 heterocycles. The van der Waals surface area contributed by atoms with Gasteiger partial charge in [0.15, 0.2) is 6.10 Å². The lowest BCUT2D eigenvalue weighted by atomic mass is 10.0. The first-order valence-electron chi connectivity index (χ1n) is 20.9. The molecule has 9 heteroatoms. The molecular weight excluding hydrogens is 649 g/mol. The summed E-state index contributed by atoms with van der Waals surface area (Å²) in [7, 11) is -4.29. The summed E-state index contributed by atoms with van der Waals surface area (Å²) in [5.41, 5.74) is 5.36. The van der Waals surface area contributed by atoms with E-state index in [4.69, 9.17) is 24.3 Å². The van der Waals surface area contributed by atoms with E-state index in [-0.39, 0.29) is 32.3 Å². The van der Waals surface area contributed by atoms with Crippen LogP contribution >= 0.6 is 7.82 Å². The third kappa shape index (κ3) is 38.1. The summed E-state index contributed by atoms with van der Waals surface area (Å²) in [5, 5.41) is 0. The summed E-state index contributed by atoms with van der Waals surface area (Å²) in [5.74, 6) is -0.359. The zero-order valence-corrected chi connectivity index (χ0v) is 33.5. The smallest absolute Gasteiger partial charge is 0.472 e. The number of nitrogens with two attached hydrogens (primary N) is 1. The van der Waals surface area contributed by atoms with Gasteiger partial charge in [-0.3, -0.25) is 13.8 Å². The molecule has 1 unspecified atom stereocenters. The van der Waals surface area contributed by atoms with Crippen molar-refractivity contribution in [1.29, 1.82) is 0 Å². The van der Waals surface area contributed by atoms with Crippen LogP contribution in [0, 0.1) is 0 Å². The highest BCUT2D eigenvalue weighted by Gasteiger charge is 2.25. The molecular formula is C41H80NO7P. The largest absolute Gasteiger partial charge is 0.498 e. The zero-order chi connectivity index (χ0) is 36.6. The van der Waals surface area contributed by atoms with E-state index in [0.29, 0.717) is 6.42 Å². The topological polar surface area (TPSA) is 117 Å². The van der Waals surface area contributed by atoms with E-state index in [1.54, 1.807) is 6.26 Å². The Hall–Kier alpha value is -1.18. The summed E-state index contributed by atoms with van der Waals surface area (Å²) >= 11 is 0. The maximum absolute atomic E-state index is 12.5. The number of carbonyl (C=O) groups excluding carboxylic acids is 1. The van der Waals surface area contributed by atoms with Gasteiger partial charge >= 0.3 is 13.8 Å². The Balaban J connectivity index is 4.10. The lowest BCUT2D eigenvalue weighted by Gasteiger charge is -2.19. The predicted molar refractivity (Wildman–Crippen MR) is 210 cm³/mol. The van der Waals surface area contributed by atoms with Gasteiger partial charge in [0.1, 0.15) is 6.61 Å². The predicted octanol–water partition coefficient (Wildman–Crippen LogP) is 12.4. The van der Waals surface area contributed by atoms with Crippen LogP contribution in [0.1, 0.15) is 200 Å². The lowest BCUT2D eigenvalue weighted by molar-refractivity contribution is -0.153. The third-order valence-corrected chi connectivity index (χ3v) is 9.92. The molecule has 8 nitrogen and oxygen atoms in total. The lowest BCUT2D eigenvalue weighted by Crippen LogP contribution is -2.27. The van der Waals surface area contributed by atoms with Gasteiger partial charge in [0.25, 0.3) is 0 Å². The number of unbranched alkanes of at least 4 members (excludes halogenated alkanes) is 25. The second kappa shape index (κ2) is 39.0. The minimum Gasteiger partial charge on any atom is -0.498 e. The first-order valence-corrected chi connectivity index (χ1v) is 22.4. The second-order valence-corrected chi connectivity index (χ2v) is 15.4. The minimum absolute atomic E-state index is 0.0320. The number of carbonyl (C=O) groups is 1. The molecule has 0 aromatic heterocycles. The van der Waals surface area contributed by atoms with E-state index in [1.807, 2.05) is 6.08 Å². The molecule has 0 aliphatic carbocycles. The number of esters is 1. The maximum atomic E-state index is 12.5. The molecule has 0 saturated heterocycles. The summed E-state index contributed by atoms with van der Waals surface area (Å²) in [6, 6.07) is 0. The zero-order valence-electron chi connectivity index (χ0n) is 32.6. The van der Waals surface area contributed by atoms with E-state index >= 15 is 0 Å². The Morgan fingerprint density at radius 3 is 1.48 bits per heavy atom. The standard InChI is InChI=1S/C41H80NO7P/c1-3-5-7-9-11-13-15-17-19-21-23-25-27-29-31-33-36-46-38-40(39-48-50(44,45)47-37-35-42)49-41(43)34-32-30-28-26-24-22-20-18-16-14-12-10-8-6-4-2/h18,20,33,36,40H,3-17,19,21-32,34-35,37-39,42H2,1-2H3,(H,44,45)/b20-18-,36-33?/t40-/m1/s1. The average molecular weight is 730 g/mol. The van der Waals surface area contributed by atoms with Crippen LogP contribution in [0.3, 0.4) is 0 Å². The molecule has 50 heavy (non-hydrogen) atoms. The van der Waals surface area contributed by atoms with Crippen molar-refractivity contribution in [2.45, 2.75) is 206 Å². The van der Waals surface area contributed by atoms with E-state index in [9.17, 15) is 14.3 Å². The normalized spacial score (nSPS) is 13.7. The van der Waals surface area contributed by atoms with Crippen LogP contribution in [-0.2, 0) is 27.9 Å². The number of phosphoric acid groups is 1. The van der Waals surface area contributed by atoms with Gasteiger partial charge in [-0.25, -0.2) is 4.57 Å². The fraction of sp³-hybridized carbons (Fsp3) is 0.878. The van der Waals surface area contributed by atoms with Crippen LogP contribution in [0.5, 0.6) is 0 Å². The number of hydrogen-bond acceptors (Lipinski definition) is 7. The van der Waals surface area contributed by atoms with Crippen LogP contribution in [0.15, 0.2) is 24.5 Å². The van der Waals surface area contributed by atoms with Crippen LogP contribution in [0.4, 0.5) is 0 Å². The van der Waals surface area contributed by atoms with Crippen LogP contribution in [-0.4, -0.2) is 43.3 Å². The Bertz CT molecular complexity index is 823. The quantitative estimate of drug-likeness (QED) is 0.0210. The molecule has 0 aliphatic heterocycles. The molecule has 0 aromatic carbocycles. The third-order valence-electron chi connectivity index (χ3n) is 8.94. The molecule has 0 amide bonds. The molecule has 0 fully saturated rings. The van der Waals surface area contributed by atoms with Crippen LogP contribution in [0.2, 0.25) is 0 Å². The molecule has 296 valence electrons. The van der Waals surface area contributed by atoms with Gasteiger partial charge in [-0.05, 0) is 51.0 Å². The first kappa shape index (κ1) is 48.8. The number of phosphoric ester groups is 1. The van der Waals surface area contributed by atoms with Crippen molar-refractivity contribution >= 4 is 13.8 Å². The molecule has 0 radical (unpaired) electrons. The van der Waals surface area contributed by atoms with Crippen molar-refractivity contribution in [3.63, 3.8) is 0 Å². The summed E-state index contributed by atoms with van der Waals surface area (Å²) in [6.07, 6.45) is 42.8. The fourth-order valence-electron chi connectivity index (χ4n) is 5.84. The molecule has 2 atom stereocenters. The summed E-state index contributed by atoms with van der Waals surface area (Å²) in [6.45, 7) is 4.24. The van der Waals surface area contributed by atoms with E-state index in [0.717, 1.165) is 44.9 Å². The molecule has 0 saturated carbocycles. The van der Waals surface area contributed by atoms with Gasteiger partial charge in [-0.2, -0.15) is 0 Å². The SMILES string of the molecule is CCCCCCCC/C=C\CCCCCCCC(=O)O[C@H](COC=CCCCCCCCCCCCCCCCC)COP(=O)(O)OCCN. The highest BCUT2D eigenvalue weighted by molar-refractivity contribution is 7.47. The first-order chi connectivity index (χ1) is 24.4. The Kier molecular flexibility index (Phi) is 38.1. The van der Waals surface area contributed by atoms with Gasteiger partial charge in [-0.15, -0.1) is 0 Å². The van der Waals surface area contributed by atoms with Crippen molar-refractivity contribution < 1.29 is 32.8 Å². The van der Waals surface area contributed by atoms with Crippen molar-refractivity contribution in [2.24, 2.45) is 5.73 Å². The number of rotatable bonds is 40. The van der Waals surface area contributed by atoms with Crippen molar-refractivity contribution in [1.82, 2.24) is 0 Å². The Labute approximate surface area is 308 Å². The maximum Gasteiger partial charge on any atom is 0.472 e. The molecule has 0 rings (SSSR count). The van der Waals surface area contributed by atoms with E-state index in [1.165, 1.54) is 135 Å². The fourth-order valence-corrected chi connectivity index (χ4v) is 6.60. The number of ether oxygens (including phenoxy) is 2. The monoisotopic (exact) mass is 730 g/mol. The van der Waals surface area contributed by atoms with Crippen molar-refractivity contribution in [3.8, 4) is 0 Å².